The first-order valence-corrected chi connectivity index (χ1v) is 19.1. The van der Waals surface area contributed by atoms with Crippen LogP contribution in [0.1, 0.15) is 42.4 Å². The lowest BCUT2D eigenvalue weighted by molar-refractivity contribution is -0.139. The van der Waals surface area contributed by atoms with E-state index in [1.165, 1.54) is 0 Å². The van der Waals surface area contributed by atoms with E-state index < -0.39 is 75.4 Å². The van der Waals surface area contributed by atoms with E-state index in [0.29, 0.717) is 39.1 Å². The first kappa shape index (κ1) is 38.0. The van der Waals surface area contributed by atoms with Gasteiger partial charge in [-0.05, 0) is 79.8 Å². The highest BCUT2D eigenvalue weighted by Crippen LogP contribution is 2.65. The molecule has 6 atom stereocenters. The van der Waals surface area contributed by atoms with Gasteiger partial charge in [-0.15, -0.1) is 0 Å². The predicted octanol–water partition coefficient (Wildman–Crippen LogP) is 8.46. The van der Waals surface area contributed by atoms with Crippen LogP contribution in [0.5, 0.6) is 11.5 Å². The number of aromatic hydroxyl groups is 1. The Morgan fingerprint density at radius 3 is 2.36 bits per heavy atom. The quantitative estimate of drug-likeness (QED) is 0.140. The zero-order valence-corrected chi connectivity index (χ0v) is 32.3. The molecule has 3 heterocycles. The van der Waals surface area contributed by atoms with Crippen LogP contribution in [0.15, 0.2) is 95.1 Å². The van der Waals surface area contributed by atoms with Crippen molar-refractivity contribution in [1.29, 1.82) is 0 Å². The maximum atomic E-state index is 15.4. The second-order valence-corrected chi connectivity index (χ2v) is 15.8. The van der Waals surface area contributed by atoms with Crippen molar-refractivity contribution >= 4 is 74.3 Å². The Hall–Kier alpha value is -4.92. The molecule has 2 aliphatic heterocycles. The number of halogens is 6. The molecule has 0 unspecified atom stereocenters. The normalized spacial score (nSPS) is 25.8. The zero-order valence-electron chi connectivity index (χ0n) is 29.2. The summed E-state index contributed by atoms with van der Waals surface area (Å²) in [6.07, 6.45) is -2.35. The summed E-state index contributed by atoms with van der Waals surface area (Å²) in [4.78, 5) is 63.8. The van der Waals surface area contributed by atoms with Gasteiger partial charge < -0.3 is 9.84 Å². The van der Waals surface area contributed by atoms with Crippen molar-refractivity contribution in [2.45, 2.75) is 37.3 Å². The number of para-hydroxylation sites is 1. The van der Waals surface area contributed by atoms with Gasteiger partial charge in [0.25, 0.3) is 11.8 Å². The minimum Gasteiger partial charge on any atom is -0.504 e. The minimum atomic E-state index is -4.76. The van der Waals surface area contributed by atoms with Gasteiger partial charge in [0, 0.05) is 27.2 Å². The maximum absolute atomic E-state index is 15.4. The van der Waals surface area contributed by atoms with Crippen LogP contribution < -0.4 is 15.1 Å². The van der Waals surface area contributed by atoms with Gasteiger partial charge in [-0.3, -0.25) is 29.5 Å². The standard InChI is InChI=1S/C40H30BrCl2F3N4O6/c1-2-56-30-5-3-4-26(33(30)51)32-24-14-15-25-31(37(54)49(35(25)52)23-12-8-21(41)9-13-23)27(24)17-28-36(53)50(38(55)39(28,32)19-6-10-22(42)11-7-19)48-34-29(43)16-20(18-47-34)40(44,45)46/h3-14,16,18,25,27-28,31-32,51H,2,15,17H2,1H3,(H,47,48)/t25-,27+,28-,31-,32+,39+/m0/s1. The monoisotopic (exact) mass is 868 g/mol. The minimum absolute atomic E-state index is 0.0812. The Morgan fingerprint density at radius 2 is 1.70 bits per heavy atom. The molecule has 1 saturated carbocycles. The number of phenols is 1. The van der Waals surface area contributed by atoms with Crippen LogP contribution in [-0.4, -0.2) is 45.3 Å². The Kier molecular flexibility index (Phi) is 9.44. The van der Waals surface area contributed by atoms with Gasteiger partial charge in [0.05, 0.1) is 46.0 Å². The number of fused-ring (bicyclic) bond motifs is 4. The van der Waals surface area contributed by atoms with E-state index in [1.54, 1.807) is 73.7 Å². The summed E-state index contributed by atoms with van der Waals surface area (Å²) in [7, 11) is 0. The van der Waals surface area contributed by atoms with Gasteiger partial charge in [0.2, 0.25) is 11.8 Å². The van der Waals surface area contributed by atoms with Crippen LogP contribution in [0.25, 0.3) is 0 Å². The smallest absolute Gasteiger partial charge is 0.417 e. The summed E-state index contributed by atoms with van der Waals surface area (Å²) in [6, 6.07) is 18.5. The molecule has 16 heteroatoms. The summed E-state index contributed by atoms with van der Waals surface area (Å²) in [5.41, 5.74) is 1.15. The lowest BCUT2D eigenvalue weighted by Crippen LogP contribution is -2.53. The van der Waals surface area contributed by atoms with Crippen LogP contribution >= 0.6 is 39.1 Å². The molecule has 4 aliphatic rings. The van der Waals surface area contributed by atoms with Crippen LogP contribution in [0.2, 0.25) is 10.0 Å². The Labute approximate surface area is 336 Å². The molecule has 0 radical (unpaired) electrons. The fourth-order valence-electron chi connectivity index (χ4n) is 9.02. The van der Waals surface area contributed by atoms with Gasteiger partial charge in [-0.1, -0.05) is 75.0 Å². The lowest BCUT2D eigenvalue weighted by atomic mass is 9.49. The third-order valence-electron chi connectivity index (χ3n) is 11.3. The second kappa shape index (κ2) is 13.9. The maximum Gasteiger partial charge on any atom is 0.417 e. The summed E-state index contributed by atoms with van der Waals surface area (Å²) >= 11 is 16.0. The highest BCUT2D eigenvalue weighted by atomic mass is 79.9. The lowest BCUT2D eigenvalue weighted by Gasteiger charge is -2.50. The van der Waals surface area contributed by atoms with Crippen molar-refractivity contribution < 1.29 is 42.2 Å². The summed E-state index contributed by atoms with van der Waals surface area (Å²) < 4.78 is 47.0. The first-order valence-electron chi connectivity index (χ1n) is 17.6. The molecule has 4 amide bonds. The first-order chi connectivity index (χ1) is 26.7. The number of aromatic nitrogens is 1. The van der Waals surface area contributed by atoms with E-state index in [1.807, 2.05) is 6.08 Å². The van der Waals surface area contributed by atoms with Crippen molar-refractivity contribution in [2.24, 2.45) is 23.7 Å². The molecule has 56 heavy (non-hydrogen) atoms. The number of ether oxygens (including phenoxy) is 1. The van der Waals surface area contributed by atoms with E-state index in [4.69, 9.17) is 27.9 Å². The molecule has 2 aliphatic carbocycles. The molecule has 4 aromatic rings. The summed E-state index contributed by atoms with van der Waals surface area (Å²) in [5.74, 6) is -7.86. The van der Waals surface area contributed by atoms with E-state index >= 15 is 4.79 Å². The number of alkyl halides is 3. The number of imide groups is 2. The Morgan fingerprint density at radius 1 is 0.982 bits per heavy atom. The molecule has 3 aromatic carbocycles. The average molecular weight is 871 g/mol. The number of benzene rings is 3. The molecule has 0 spiro atoms. The van der Waals surface area contributed by atoms with E-state index in [0.717, 1.165) is 9.37 Å². The molecule has 8 rings (SSSR count). The van der Waals surface area contributed by atoms with Gasteiger partial charge in [0.1, 0.15) is 0 Å². The Balaban J connectivity index is 1.33. The third kappa shape index (κ3) is 5.78. The third-order valence-corrected chi connectivity index (χ3v) is 12.4. The number of anilines is 2. The van der Waals surface area contributed by atoms with Gasteiger partial charge >= 0.3 is 6.18 Å². The van der Waals surface area contributed by atoms with Crippen molar-refractivity contribution in [3.8, 4) is 11.5 Å². The number of nitrogens with zero attached hydrogens (tertiary/aromatic N) is 3. The van der Waals surface area contributed by atoms with Crippen LogP contribution in [0.4, 0.5) is 24.7 Å². The van der Waals surface area contributed by atoms with Crippen LogP contribution in [0, 0.1) is 23.7 Å². The highest BCUT2D eigenvalue weighted by Gasteiger charge is 2.71. The number of hydrogen-bond donors (Lipinski definition) is 2. The molecule has 10 nitrogen and oxygen atoms in total. The number of rotatable bonds is 7. The second-order valence-electron chi connectivity index (χ2n) is 14.0. The SMILES string of the molecule is CCOc1cccc([C@H]2C3=CC[C@@H]4C(=O)N(c5ccc(Br)cc5)C(=O)[C@@H]4[C@@H]3C[C@H]3C(=O)N(Nc4ncc(C(F)(F)F)cc4Cl)C(=O)[C@@]23c2ccc(Cl)cc2)c1O. The molecule has 2 N–H and O–H groups in total. The highest BCUT2D eigenvalue weighted by molar-refractivity contribution is 9.10. The topological polar surface area (TPSA) is 129 Å². The van der Waals surface area contributed by atoms with Crippen molar-refractivity contribution in [3.05, 3.63) is 122 Å². The number of carbonyl (C=O) groups is 4. The average Bonchev–Trinajstić information content (AvgIpc) is 3.54. The molecule has 3 fully saturated rings. The van der Waals surface area contributed by atoms with Crippen molar-refractivity contribution in [1.82, 2.24) is 9.99 Å². The molecular formula is C40H30BrCl2F3N4O6. The van der Waals surface area contributed by atoms with Gasteiger partial charge in [-0.2, -0.15) is 18.2 Å². The fraction of sp³-hybridized carbons (Fsp3) is 0.275. The Bertz CT molecular complexity index is 2340. The fourth-order valence-corrected chi connectivity index (χ4v) is 9.62. The van der Waals surface area contributed by atoms with Gasteiger partial charge in [-0.25, -0.2) is 4.98 Å². The molecule has 0 bridgehead atoms. The number of amides is 4. The van der Waals surface area contributed by atoms with Crippen molar-refractivity contribution in [3.63, 3.8) is 0 Å². The van der Waals surface area contributed by atoms with Gasteiger partial charge in [0.15, 0.2) is 17.3 Å². The van der Waals surface area contributed by atoms with Crippen molar-refractivity contribution in [2.75, 3.05) is 16.9 Å². The summed E-state index contributed by atoms with van der Waals surface area (Å²) in [5, 5.41) is 12.4. The van der Waals surface area contributed by atoms with Crippen LogP contribution in [-0.2, 0) is 30.8 Å². The molecule has 2 saturated heterocycles. The number of carbonyl (C=O) groups excluding carboxylic acids is 4. The number of hydrazine groups is 1. The number of pyridine rings is 1. The molecule has 1 aromatic heterocycles. The number of phenolic OH excluding ortho intramolecular Hbond substituents is 1. The number of allylic oxidation sites excluding steroid dienone is 2. The molecular weight excluding hydrogens is 840 g/mol. The zero-order chi connectivity index (χ0) is 39.8. The summed E-state index contributed by atoms with van der Waals surface area (Å²) in [6.45, 7) is 1.93. The van der Waals surface area contributed by atoms with E-state index in [9.17, 15) is 32.7 Å². The van der Waals surface area contributed by atoms with E-state index in [2.05, 4.69) is 26.3 Å². The van der Waals surface area contributed by atoms with E-state index in [-0.39, 0.29) is 42.3 Å². The largest absolute Gasteiger partial charge is 0.504 e. The number of nitrogens with one attached hydrogen (secondary N) is 1. The van der Waals surface area contributed by atoms with Crippen LogP contribution in [0.3, 0.4) is 0 Å². The molecule has 288 valence electrons. The predicted molar refractivity (Wildman–Crippen MR) is 203 cm³/mol. The number of hydrogen-bond acceptors (Lipinski definition) is 8.